The predicted molar refractivity (Wildman–Crippen MR) is 80.5 cm³/mol. The molecule has 0 heterocycles. The third-order valence-electron chi connectivity index (χ3n) is 3.72. The molecule has 100 valence electrons. The first-order chi connectivity index (χ1) is 8.63. The van der Waals surface area contributed by atoms with Gasteiger partial charge in [-0.2, -0.15) is 0 Å². The van der Waals surface area contributed by atoms with E-state index in [1.165, 1.54) is 29.4 Å². The zero-order chi connectivity index (χ0) is 13.1. The van der Waals surface area contributed by atoms with Crippen LogP contribution in [0.25, 0.3) is 0 Å². The molecule has 2 rings (SSSR count). The van der Waals surface area contributed by atoms with Crippen molar-refractivity contribution in [1.29, 1.82) is 0 Å². The quantitative estimate of drug-likeness (QED) is 0.870. The van der Waals surface area contributed by atoms with Crippen molar-refractivity contribution in [3.63, 3.8) is 0 Å². The van der Waals surface area contributed by atoms with Gasteiger partial charge in [-0.15, -0.1) is 0 Å². The van der Waals surface area contributed by atoms with Crippen LogP contribution in [0, 0.1) is 5.92 Å². The Balaban J connectivity index is 2.21. The monoisotopic (exact) mass is 310 g/mol. The zero-order valence-corrected chi connectivity index (χ0v) is 12.9. The number of hydrogen-bond donors (Lipinski definition) is 1. The second kappa shape index (κ2) is 6.18. The molecule has 1 atom stereocenters. The number of benzene rings is 1. The highest BCUT2D eigenvalue weighted by Gasteiger charge is 2.30. The molecule has 1 unspecified atom stereocenters. The average molecular weight is 311 g/mol. The Morgan fingerprint density at radius 2 is 2.00 bits per heavy atom. The Kier molecular flexibility index (Phi) is 4.82. The highest BCUT2D eigenvalue weighted by Crippen LogP contribution is 2.35. The Labute approximate surface area is 119 Å². The highest BCUT2D eigenvalue weighted by atomic mass is 79.9. The van der Waals surface area contributed by atoms with Crippen molar-refractivity contribution in [2.24, 2.45) is 11.7 Å². The van der Waals surface area contributed by atoms with E-state index in [0.717, 1.165) is 5.92 Å². The molecule has 0 saturated heterocycles. The van der Waals surface area contributed by atoms with Crippen LogP contribution in [0.4, 0.5) is 0 Å². The van der Waals surface area contributed by atoms with Crippen LogP contribution in [0.1, 0.15) is 38.3 Å². The van der Waals surface area contributed by atoms with Crippen LogP contribution in [0.2, 0.25) is 0 Å². The lowest BCUT2D eigenvalue weighted by molar-refractivity contribution is 0.149. The number of halogens is 1. The fraction of sp³-hybridized carbons (Fsp3) is 0.600. The summed E-state index contributed by atoms with van der Waals surface area (Å²) in [5.41, 5.74) is 7.36. The molecule has 1 aromatic carbocycles. The molecule has 1 fully saturated rings. The summed E-state index contributed by atoms with van der Waals surface area (Å²) in [5, 5.41) is 0. The molecule has 0 aromatic heterocycles. The van der Waals surface area contributed by atoms with Gasteiger partial charge in [0, 0.05) is 29.6 Å². The molecule has 0 bridgehead atoms. The standard InChI is InChI=1S/C15H23BrN2/c1-11(2)18(10-12-7-8-12)15(9-17)13-5-3-4-6-14(13)16/h3-6,11-12,15H,7-10,17H2,1-2H3. The van der Waals surface area contributed by atoms with E-state index in [1.807, 2.05) is 0 Å². The summed E-state index contributed by atoms with van der Waals surface area (Å²) in [6.07, 6.45) is 2.77. The molecular formula is C15H23BrN2. The van der Waals surface area contributed by atoms with Crippen molar-refractivity contribution in [2.75, 3.05) is 13.1 Å². The number of rotatable bonds is 6. The van der Waals surface area contributed by atoms with E-state index in [2.05, 4.69) is 58.9 Å². The normalized spacial score (nSPS) is 17.4. The Hall–Kier alpha value is -0.380. The van der Waals surface area contributed by atoms with E-state index in [1.54, 1.807) is 0 Å². The lowest BCUT2D eigenvalue weighted by Gasteiger charge is -2.35. The molecule has 1 aliphatic rings. The number of hydrogen-bond acceptors (Lipinski definition) is 2. The first-order valence-corrected chi connectivity index (χ1v) is 7.63. The van der Waals surface area contributed by atoms with Crippen molar-refractivity contribution >= 4 is 15.9 Å². The van der Waals surface area contributed by atoms with Gasteiger partial charge in [0.15, 0.2) is 0 Å². The van der Waals surface area contributed by atoms with E-state index in [-0.39, 0.29) is 0 Å². The lowest BCUT2D eigenvalue weighted by Crippen LogP contribution is -2.40. The second-order valence-electron chi connectivity index (χ2n) is 5.51. The van der Waals surface area contributed by atoms with Crippen LogP contribution in [0.3, 0.4) is 0 Å². The number of nitrogens with zero attached hydrogens (tertiary/aromatic N) is 1. The Morgan fingerprint density at radius 3 is 2.50 bits per heavy atom. The van der Waals surface area contributed by atoms with Gasteiger partial charge in [0.2, 0.25) is 0 Å². The minimum Gasteiger partial charge on any atom is -0.329 e. The minimum absolute atomic E-state index is 0.321. The van der Waals surface area contributed by atoms with Crippen molar-refractivity contribution in [3.8, 4) is 0 Å². The summed E-state index contributed by atoms with van der Waals surface area (Å²) in [7, 11) is 0. The summed E-state index contributed by atoms with van der Waals surface area (Å²) in [4.78, 5) is 2.55. The second-order valence-corrected chi connectivity index (χ2v) is 6.36. The Bertz CT molecular complexity index is 388. The first-order valence-electron chi connectivity index (χ1n) is 6.83. The van der Waals surface area contributed by atoms with Crippen molar-refractivity contribution in [2.45, 2.75) is 38.8 Å². The SMILES string of the molecule is CC(C)N(CC1CC1)C(CN)c1ccccc1Br. The summed E-state index contributed by atoms with van der Waals surface area (Å²) in [6, 6.07) is 9.30. The predicted octanol–water partition coefficient (Wildman–Crippen LogP) is 3.57. The van der Waals surface area contributed by atoms with Gasteiger partial charge in [-0.05, 0) is 44.2 Å². The van der Waals surface area contributed by atoms with Crippen LogP contribution >= 0.6 is 15.9 Å². The molecule has 3 heteroatoms. The number of nitrogens with two attached hydrogens (primary N) is 1. The molecule has 0 aliphatic heterocycles. The van der Waals surface area contributed by atoms with Gasteiger partial charge in [0.25, 0.3) is 0 Å². The van der Waals surface area contributed by atoms with Crippen molar-refractivity contribution in [1.82, 2.24) is 4.90 Å². The van der Waals surface area contributed by atoms with Gasteiger partial charge >= 0.3 is 0 Å². The van der Waals surface area contributed by atoms with E-state index in [9.17, 15) is 0 Å². The third-order valence-corrected chi connectivity index (χ3v) is 4.44. The molecular weight excluding hydrogens is 288 g/mol. The summed E-state index contributed by atoms with van der Waals surface area (Å²) in [5.74, 6) is 0.893. The van der Waals surface area contributed by atoms with Crippen LogP contribution in [0.5, 0.6) is 0 Å². The first kappa shape index (κ1) is 14.0. The highest BCUT2D eigenvalue weighted by molar-refractivity contribution is 9.10. The summed E-state index contributed by atoms with van der Waals surface area (Å²) < 4.78 is 1.17. The molecule has 1 aromatic rings. The summed E-state index contributed by atoms with van der Waals surface area (Å²) >= 11 is 3.65. The van der Waals surface area contributed by atoms with E-state index in [0.29, 0.717) is 18.6 Å². The largest absolute Gasteiger partial charge is 0.329 e. The molecule has 2 nitrogen and oxygen atoms in total. The average Bonchev–Trinajstić information content (AvgIpc) is 3.14. The van der Waals surface area contributed by atoms with Crippen LogP contribution < -0.4 is 5.73 Å². The minimum atomic E-state index is 0.321. The van der Waals surface area contributed by atoms with E-state index < -0.39 is 0 Å². The van der Waals surface area contributed by atoms with Gasteiger partial charge in [0.05, 0.1) is 0 Å². The Morgan fingerprint density at radius 1 is 1.33 bits per heavy atom. The van der Waals surface area contributed by atoms with Crippen molar-refractivity contribution < 1.29 is 0 Å². The van der Waals surface area contributed by atoms with Gasteiger partial charge < -0.3 is 5.73 Å². The fourth-order valence-electron chi connectivity index (χ4n) is 2.48. The third kappa shape index (κ3) is 3.34. The molecule has 0 amide bonds. The fourth-order valence-corrected chi connectivity index (χ4v) is 3.03. The van der Waals surface area contributed by atoms with Gasteiger partial charge in [-0.3, -0.25) is 4.90 Å². The van der Waals surface area contributed by atoms with Crippen LogP contribution in [0.15, 0.2) is 28.7 Å². The lowest BCUT2D eigenvalue weighted by atomic mass is 10.0. The molecule has 1 saturated carbocycles. The molecule has 2 N–H and O–H groups in total. The molecule has 1 aliphatic carbocycles. The van der Waals surface area contributed by atoms with Gasteiger partial charge in [0.1, 0.15) is 0 Å². The van der Waals surface area contributed by atoms with Crippen LogP contribution in [-0.2, 0) is 0 Å². The van der Waals surface area contributed by atoms with E-state index >= 15 is 0 Å². The summed E-state index contributed by atoms with van der Waals surface area (Å²) in [6.45, 7) is 6.39. The maximum absolute atomic E-state index is 6.05. The van der Waals surface area contributed by atoms with E-state index in [4.69, 9.17) is 5.73 Å². The molecule has 18 heavy (non-hydrogen) atoms. The topological polar surface area (TPSA) is 29.3 Å². The maximum atomic E-state index is 6.05. The molecule has 0 spiro atoms. The maximum Gasteiger partial charge on any atom is 0.0484 e. The smallest absolute Gasteiger partial charge is 0.0484 e. The van der Waals surface area contributed by atoms with Crippen molar-refractivity contribution in [3.05, 3.63) is 34.3 Å². The van der Waals surface area contributed by atoms with Gasteiger partial charge in [-0.1, -0.05) is 34.1 Å². The zero-order valence-electron chi connectivity index (χ0n) is 11.3. The molecule has 0 radical (unpaired) electrons. The van der Waals surface area contributed by atoms with Crippen LogP contribution in [-0.4, -0.2) is 24.0 Å². The van der Waals surface area contributed by atoms with Gasteiger partial charge in [-0.25, -0.2) is 0 Å².